The van der Waals surface area contributed by atoms with Crippen LogP contribution in [-0.4, -0.2) is 24.1 Å². The third-order valence-electron chi connectivity index (χ3n) is 8.99. The summed E-state index contributed by atoms with van der Waals surface area (Å²) in [7, 11) is 0. The van der Waals surface area contributed by atoms with Crippen molar-refractivity contribution >= 4 is 17.5 Å². The van der Waals surface area contributed by atoms with Crippen LogP contribution in [0.2, 0.25) is 0 Å². The first-order chi connectivity index (χ1) is 13.5. The Morgan fingerprint density at radius 1 is 1.14 bits per heavy atom. The number of allylic oxidation sites excluding steroid dienone is 6. The minimum absolute atomic E-state index is 0.0715. The molecule has 2 fully saturated rings. The smallest absolute Gasteiger partial charge is 0.302 e. The van der Waals surface area contributed by atoms with Gasteiger partial charge in [0.2, 0.25) is 0 Å². The normalized spacial score (nSPS) is 42.9. The maximum absolute atomic E-state index is 12.9. The van der Waals surface area contributed by atoms with Gasteiger partial charge in [0.25, 0.3) is 0 Å². The molecule has 6 unspecified atom stereocenters. The van der Waals surface area contributed by atoms with E-state index in [-0.39, 0.29) is 35.0 Å². The molecule has 4 heteroatoms. The van der Waals surface area contributed by atoms with E-state index in [1.165, 1.54) is 12.5 Å². The fraction of sp³-hybridized carbons (Fsp3) is 0.640. The predicted octanol–water partition coefficient (Wildman–Crippen LogP) is 4.60. The average molecular weight is 397 g/mol. The zero-order valence-electron chi connectivity index (χ0n) is 18.2. The number of carbonyl (C=O) groups excluding carboxylic acids is 3. The highest BCUT2D eigenvalue weighted by atomic mass is 16.5. The van der Waals surface area contributed by atoms with Crippen molar-refractivity contribution < 1.29 is 19.1 Å². The van der Waals surface area contributed by atoms with Gasteiger partial charge in [0.1, 0.15) is 12.4 Å². The van der Waals surface area contributed by atoms with Crippen molar-refractivity contribution in [2.45, 2.75) is 60.3 Å². The van der Waals surface area contributed by atoms with Crippen molar-refractivity contribution in [2.75, 3.05) is 6.61 Å². The molecule has 0 heterocycles. The van der Waals surface area contributed by atoms with E-state index in [4.69, 9.17) is 4.74 Å². The molecule has 0 aliphatic heterocycles. The number of carbonyl (C=O) groups is 3. The van der Waals surface area contributed by atoms with E-state index in [1.54, 1.807) is 13.0 Å². The van der Waals surface area contributed by atoms with Crippen molar-refractivity contribution in [1.29, 1.82) is 0 Å². The Hall–Kier alpha value is -1.97. The standard InChI is InChI=1S/C25H32O4/c1-15-12-19-20(23(4)9-6-18(28)13-22(15)23)7-10-24(5)21(19)8-11-25(24,16(2)26)14-29-17(3)27/h6,9,12-13,19-21H,7-8,10-11,14H2,1-5H3. The summed E-state index contributed by atoms with van der Waals surface area (Å²) >= 11 is 0. The van der Waals surface area contributed by atoms with Crippen LogP contribution in [0.1, 0.15) is 60.3 Å². The van der Waals surface area contributed by atoms with Crippen LogP contribution in [0.5, 0.6) is 0 Å². The molecular formula is C25H32O4. The molecular weight excluding hydrogens is 364 g/mol. The third kappa shape index (κ3) is 2.67. The van der Waals surface area contributed by atoms with E-state index in [0.717, 1.165) is 31.3 Å². The number of hydrogen-bond acceptors (Lipinski definition) is 4. The van der Waals surface area contributed by atoms with Crippen LogP contribution in [0.25, 0.3) is 0 Å². The zero-order chi connectivity index (χ0) is 21.2. The average Bonchev–Trinajstić information content (AvgIpc) is 2.95. The Balaban J connectivity index is 1.76. The molecule has 0 amide bonds. The zero-order valence-corrected chi connectivity index (χ0v) is 18.2. The Labute approximate surface area is 173 Å². The van der Waals surface area contributed by atoms with E-state index >= 15 is 0 Å². The quantitative estimate of drug-likeness (QED) is 0.654. The number of fused-ring (bicyclic) bond motifs is 5. The second kappa shape index (κ2) is 6.52. The van der Waals surface area contributed by atoms with E-state index in [9.17, 15) is 14.4 Å². The van der Waals surface area contributed by atoms with Crippen LogP contribution in [0.15, 0.2) is 35.5 Å². The highest BCUT2D eigenvalue weighted by Gasteiger charge is 2.65. The van der Waals surface area contributed by atoms with Gasteiger partial charge in [-0.15, -0.1) is 0 Å². The molecule has 0 aromatic heterocycles. The molecule has 2 saturated carbocycles. The fourth-order valence-electron chi connectivity index (χ4n) is 7.34. The van der Waals surface area contributed by atoms with Crippen LogP contribution in [0, 0.1) is 34.0 Å². The van der Waals surface area contributed by atoms with Gasteiger partial charge < -0.3 is 4.74 Å². The van der Waals surface area contributed by atoms with E-state index in [0.29, 0.717) is 17.8 Å². The first-order valence-corrected chi connectivity index (χ1v) is 10.8. The van der Waals surface area contributed by atoms with E-state index < -0.39 is 5.41 Å². The first-order valence-electron chi connectivity index (χ1n) is 10.8. The summed E-state index contributed by atoms with van der Waals surface area (Å²) in [6.07, 6.45) is 11.7. The second-order valence-electron chi connectivity index (χ2n) is 10.1. The molecule has 0 aromatic carbocycles. The van der Waals surface area contributed by atoms with Crippen molar-refractivity contribution in [2.24, 2.45) is 34.0 Å². The Morgan fingerprint density at radius 3 is 2.48 bits per heavy atom. The summed E-state index contributed by atoms with van der Waals surface area (Å²) in [5.41, 5.74) is 1.45. The van der Waals surface area contributed by atoms with Crippen LogP contribution in [0.4, 0.5) is 0 Å². The fourth-order valence-corrected chi connectivity index (χ4v) is 7.34. The molecule has 0 N–H and O–H groups in total. The molecule has 4 nitrogen and oxygen atoms in total. The van der Waals surface area contributed by atoms with Gasteiger partial charge in [0.15, 0.2) is 5.78 Å². The number of rotatable bonds is 3. The van der Waals surface area contributed by atoms with Crippen molar-refractivity contribution in [3.8, 4) is 0 Å². The molecule has 0 aromatic rings. The van der Waals surface area contributed by atoms with Crippen molar-refractivity contribution in [1.82, 2.24) is 0 Å². The van der Waals surface area contributed by atoms with E-state index in [1.807, 2.05) is 6.08 Å². The van der Waals surface area contributed by atoms with Gasteiger partial charge in [-0.25, -0.2) is 0 Å². The maximum atomic E-state index is 12.9. The molecule has 0 radical (unpaired) electrons. The van der Waals surface area contributed by atoms with E-state index in [2.05, 4.69) is 32.9 Å². The molecule has 0 bridgehead atoms. The highest BCUT2D eigenvalue weighted by molar-refractivity contribution is 6.02. The number of ether oxygens (including phenoxy) is 1. The third-order valence-corrected chi connectivity index (χ3v) is 8.99. The van der Waals surface area contributed by atoms with Crippen molar-refractivity contribution in [3.05, 3.63) is 35.5 Å². The molecule has 156 valence electrons. The minimum atomic E-state index is -0.592. The molecule has 4 aliphatic carbocycles. The Morgan fingerprint density at radius 2 is 1.83 bits per heavy atom. The summed E-state index contributed by atoms with van der Waals surface area (Å²) in [5.74, 6) is 1.07. The summed E-state index contributed by atoms with van der Waals surface area (Å²) in [6, 6.07) is 0. The topological polar surface area (TPSA) is 60.4 Å². The van der Waals surface area contributed by atoms with Crippen LogP contribution in [-0.2, 0) is 19.1 Å². The molecule has 0 saturated heterocycles. The summed E-state index contributed by atoms with van der Waals surface area (Å²) in [6.45, 7) is 9.92. The predicted molar refractivity (Wildman–Crippen MR) is 111 cm³/mol. The molecule has 0 spiro atoms. The number of ketones is 2. The molecule has 6 atom stereocenters. The highest BCUT2D eigenvalue weighted by Crippen LogP contribution is 2.69. The molecule has 4 aliphatic rings. The lowest BCUT2D eigenvalue weighted by molar-refractivity contribution is -0.157. The Kier molecular flexibility index (Phi) is 4.56. The van der Waals surface area contributed by atoms with Crippen LogP contribution in [0.3, 0.4) is 0 Å². The molecule has 29 heavy (non-hydrogen) atoms. The number of esters is 1. The lowest BCUT2D eigenvalue weighted by Gasteiger charge is -2.57. The van der Waals surface area contributed by atoms with Gasteiger partial charge >= 0.3 is 5.97 Å². The lowest BCUT2D eigenvalue weighted by Crippen LogP contribution is -2.54. The number of hydrogen-bond donors (Lipinski definition) is 0. The lowest BCUT2D eigenvalue weighted by atomic mass is 9.46. The molecule has 4 rings (SSSR count). The van der Waals surface area contributed by atoms with Gasteiger partial charge in [-0.3, -0.25) is 14.4 Å². The largest absolute Gasteiger partial charge is 0.465 e. The van der Waals surface area contributed by atoms with Crippen LogP contribution >= 0.6 is 0 Å². The minimum Gasteiger partial charge on any atom is -0.465 e. The van der Waals surface area contributed by atoms with Gasteiger partial charge in [-0.2, -0.15) is 0 Å². The Bertz CT molecular complexity index is 877. The summed E-state index contributed by atoms with van der Waals surface area (Å²) < 4.78 is 5.45. The summed E-state index contributed by atoms with van der Waals surface area (Å²) in [4.78, 5) is 36.5. The second-order valence-corrected chi connectivity index (χ2v) is 10.1. The monoisotopic (exact) mass is 396 g/mol. The van der Waals surface area contributed by atoms with Crippen molar-refractivity contribution in [3.63, 3.8) is 0 Å². The van der Waals surface area contributed by atoms with Gasteiger partial charge in [0.05, 0.1) is 5.41 Å². The van der Waals surface area contributed by atoms with Gasteiger partial charge in [0, 0.05) is 12.3 Å². The number of Topliss-reactive ketones (excluding diaryl/α,β-unsaturated/α-hetero) is 1. The SMILES string of the molecule is CC(=O)OCC1(C(C)=O)CCC2C3C=C(C)C4=CC(=O)C=CC4(C)C3CCC21C. The first kappa shape index (κ1) is 20.3. The van der Waals surface area contributed by atoms with Crippen LogP contribution < -0.4 is 0 Å². The summed E-state index contributed by atoms with van der Waals surface area (Å²) in [5, 5.41) is 0. The maximum Gasteiger partial charge on any atom is 0.302 e. The van der Waals surface area contributed by atoms with Gasteiger partial charge in [-0.1, -0.05) is 31.6 Å². The van der Waals surface area contributed by atoms with Gasteiger partial charge in [-0.05, 0) is 80.4 Å².